The summed E-state index contributed by atoms with van der Waals surface area (Å²) in [6.07, 6.45) is 3.81. The second-order valence-electron chi connectivity index (χ2n) is 8.56. The van der Waals surface area contributed by atoms with Gasteiger partial charge in [0.25, 0.3) is 0 Å². The minimum Gasteiger partial charge on any atom is -0.497 e. The van der Waals surface area contributed by atoms with Crippen LogP contribution < -0.4 is 25.0 Å². The number of methoxy groups -OCH3 is 2. The summed E-state index contributed by atoms with van der Waals surface area (Å²) < 4.78 is 13.0. The molecule has 1 amide bonds. The largest absolute Gasteiger partial charge is 0.497 e. The highest BCUT2D eigenvalue weighted by Crippen LogP contribution is 2.43. The maximum atomic E-state index is 11.9. The molecule has 1 saturated heterocycles. The SMILES string of the molecule is COc1ccc(-n2cccc2[C@H]2[C@H](c3ccccn3)NC(=S)N2c2ccc(OC)c(NC(C)=O)c2)cc1. The smallest absolute Gasteiger partial charge is 0.221 e. The molecule has 2 N–H and O–H groups in total. The lowest BCUT2D eigenvalue weighted by atomic mass is 10.0. The third kappa shape index (κ3) is 4.73. The van der Waals surface area contributed by atoms with E-state index in [1.165, 1.54) is 6.92 Å². The summed E-state index contributed by atoms with van der Waals surface area (Å²) in [5.74, 6) is 1.17. The lowest BCUT2D eigenvalue weighted by Gasteiger charge is -2.29. The average Bonchev–Trinajstić information content (AvgIpc) is 3.53. The van der Waals surface area contributed by atoms with Crippen molar-refractivity contribution in [2.45, 2.75) is 19.0 Å². The Morgan fingerprint density at radius 3 is 2.46 bits per heavy atom. The molecule has 0 saturated carbocycles. The van der Waals surface area contributed by atoms with E-state index in [4.69, 9.17) is 21.7 Å². The van der Waals surface area contributed by atoms with Gasteiger partial charge in [-0.25, -0.2) is 0 Å². The van der Waals surface area contributed by atoms with Crippen molar-refractivity contribution < 1.29 is 14.3 Å². The summed E-state index contributed by atoms with van der Waals surface area (Å²) in [5.41, 5.74) is 4.27. The monoisotopic (exact) mass is 513 g/mol. The Bertz CT molecular complexity index is 1420. The molecule has 8 nitrogen and oxygen atoms in total. The highest BCUT2D eigenvalue weighted by Gasteiger charge is 2.42. The standard InChI is InChI=1S/C28H27N5O3S/c1-18(34)30-23-17-20(11-14-25(23)36-3)33-27(26(31-28(33)37)22-7-4-5-15-29-22)24-8-6-16-32(24)19-9-12-21(35-2)13-10-19/h4-17,26-27H,1-3H3,(H,30,34)(H,31,37)/t26-,27-/m0/s1. The minimum absolute atomic E-state index is 0.186. The number of nitrogens with one attached hydrogen (secondary N) is 2. The second kappa shape index (κ2) is 10.3. The summed E-state index contributed by atoms with van der Waals surface area (Å²) >= 11 is 5.88. The van der Waals surface area contributed by atoms with Gasteiger partial charge >= 0.3 is 0 Å². The van der Waals surface area contributed by atoms with Crippen molar-refractivity contribution in [3.8, 4) is 17.2 Å². The number of carbonyl (C=O) groups excluding carboxylic acids is 1. The number of rotatable bonds is 7. The zero-order valence-electron chi connectivity index (χ0n) is 20.7. The number of pyridine rings is 1. The first-order valence-electron chi connectivity index (χ1n) is 11.8. The van der Waals surface area contributed by atoms with Gasteiger partial charge in [0, 0.05) is 36.4 Å². The van der Waals surface area contributed by atoms with Crippen LogP contribution in [-0.2, 0) is 4.79 Å². The molecule has 0 spiro atoms. The van der Waals surface area contributed by atoms with Gasteiger partial charge in [-0.15, -0.1) is 0 Å². The van der Waals surface area contributed by atoms with Crippen molar-refractivity contribution in [3.63, 3.8) is 0 Å². The highest BCUT2D eigenvalue weighted by atomic mass is 32.1. The Morgan fingerprint density at radius 1 is 1.00 bits per heavy atom. The molecular formula is C28H27N5O3S. The molecule has 3 heterocycles. The van der Waals surface area contributed by atoms with Gasteiger partial charge in [-0.3, -0.25) is 9.78 Å². The van der Waals surface area contributed by atoms with Gasteiger partial charge in [0.05, 0.1) is 31.6 Å². The van der Waals surface area contributed by atoms with Gasteiger partial charge in [0.2, 0.25) is 5.91 Å². The van der Waals surface area contributed by atoms with E-state index in [0.29, 0.717) is 16.5 Å². The molecule has 1 aliphatic rings. The van der Waals surface area contributed by atoms with E-state index in [9.17, 15) is 4.79 Å². The summed E-state index contributed by atoms with van der Waals surface area (Å²) in [6.45, 7) is 1.47. The molecule has 2 aromatic carbocycles. The van der Waals surface area contributed by atoms with E-state index < -0.39 is 0 Å². The van der Waals surface area contributed by atoms with Gasteiger partial charge < -0.3 is 29.6 Å². The molecule has 2 atom stereocenters. The first-order valence-corrected chi connectivity index (χ1v) is 12.2. The minimum atomic E-state index is -0.238. The fraction of sp³-hybridized carbons (Fsp3) is 0.179. The van der Waals surface area contributed by atoms with Crippen molar-refractivity contribution in [3.05, 3.63) is 96.6 Å². The zero-order chi connectivity index (χ0) is 25.9. The van der Waals surface area contributed by atoms with Gasteiger partial charge in [-0.2, -0.15) is 0 Å². The average molecular weight is 514 g/mol. The Labute approximate surface area is 220 Å². The fourth-order valence-electron chi connectivity index (χ4n) is 4.68. The molecule has 4 aromatic rings. The summed E-state index contributed by atoms with van der Waals surface area (Å²) in [7, 11) is 3.23. The van der Waals surface area contributed by atoms with Gasteiger partial charge in [0.1, 0.15) is 17.5 Å². The van der Waals surface area contributed by atoms with Crippen LogP contribution in [0.2, 0.25) is 0 Å². The van der Waals surface area contributed by atoms with E-state index in [1.54, 1.807) is 20.4 Å². The third-order valence-electron chi connectivity index (χ3n) is 6.30. The number of aromatic nitrogens is 2. The molecular weight excluding hydrogens is 486 g/mol. The van der Waals surface area contributed by atoms with Crippen LogP contribution in [0.25, 0.3) is 5.69 Å². The van der Waals surface area contributed by atoms with E-state index >= 15 is 0 Å². The number of ether oxygens (including phenoxy) is 2. The predicted molar refractivity (Wildman–Crippen MR) is 148 cm³/mol. The molecule has 0 unspecified atom stereocenters. The number of thiocarbonyl (C=S) groups is 1. The molecule has 2 aromatic heterocycles. The molecule has 0 aliphatic carbocycles. The van der Waals surface area contributed by atoms with Crippen LogP contribution in [0.1, 0.15) is 30.4 Å². The lowest BCUT2D eigenvalue weighted by Crippen LogP contribution is -2.30. The maximum absolute atomic E-state index is 11.9. The number of carbonyl (C=O) groups is 1. The molecule has 9 heteroatoms. The highest BCUT2D eigenvalue weighted by molar-refractivity contribution is 7.80. The van der Waals surface area contributed by atoms with Crippen molar-refractivity contribution in [1.82, 2.24) is 14.9 Å². The number of benzene rings is 2. The van der Waals surface area contributed by atoms with Crippen molar-refractivity contribution >= 4 is 34.6 Å². The Balaban J connectivity index is 1.64. The fourth-order valence-corrected chi connectivity index (χ4v) is 5.03. The van der Waals surface area contributed by atoms with E-state index in [1.807, 2.05) is 72.9 Å². The van der Waals surface area contributed by atoms with E-state index in [-0.39, 0.29) is 18.0 Å². The first-order chi connectivity index (χ1) is 18.0. The molecule has 1 aliphatic heterocycles. The molecule has 0 bridgehead atoms. The molecule has 188 valence electrons. The van der Waals surface area contributed by atoms with E-state index in [0.717, 1.165) is 28.5 Å². The predicted octanol–water partition coefficient (Wildman–Crippen LogP) is 5.03. The van der Waals surface area contributed by atoms with Crippen molar-refractivity contribution in [2.75, 3.05) is 24.4 Å². The van der Waals surface area contributed by atoms with Crippen LogP contribution in [0.4, 0.5) is 11.4 Å². The Kier molecular flexibility index (Phi) is 6.78. The molecule has 5 rings (SSSR count). The van der Waals surface area contributed by atoms with Crippen LogP contribution in [0.5, 0.6) is 11.5 Å². The Morgan fingerprint density at radius 2 is 1.78 bits per heavy atom. The number of nitrogens with zero attached hydrogens (tertiary/aromatic N) is 3. The Hall–Kier alpha value is -4.37. The lowest BCUT2D eigenvalue weighted by molar-refractivity contribution is -0.114. The number of anilines is 2. The quantitative estimate of drug-likeness (QED) is 0.336. The molecule has 1 fully saturated rings. The summed E-state index contributed by atoms with van der Waals surface area (Å²) in [4.78, 5) is 18.6. The summed E-state index contributed by atoms with van der Waals surface area (Å²) in [5, 5.41) is 6.90. The molecule has 37 heavy (non-hydrogen) atoms. The third-order valence-corrected chi connectivity index (χ3v) is 6.62. The van der Waals surface area contributed by atoms with Crippen LogP contribution in [0.3, 0.4) is 0 Å². The van der Waals surface area contributed by atoms with Crippen molar-refractivity contribution in [2.24, 2.45) is 0 Å². The van der Waals surface area contributed by atoms with E-state index in [2.05, 4.69) is 31.2 Å². The van der Waals surface area contributed by atoms with Gasteiger partial charge in [0.15, 0.2) is 5.11 Å². The summed E-state index contributed by atoms with van der Waals surface area (Å²) in [6, 6.07) is 23.1. The van der Waals surface area contributed by atoms with Crippen LogP contribution in [0, 0.1) is 0 Å². The number of hydrogen-bond donors (Lipinski definition) is 2. The van der Waals surface area contributed by atoms with Gasteiger partial charge in [-0.05, 0) is 78.9 Å². The molecule has 0 radical (unpaired) electrons. The number of amides is 1. The van der Waals surface area contributed by atoms with Gasteiger partial charge in [-0.1, -0.05) is 6.07 Å². The zero-order valence-corrected chi connectivity index (χ0v) is 21.5. The normalized spacial score (nSPS) is 16.8. The first kappa shape index (κ1) is 24.3. The van der Waals surface area contributed by atoms with Crippen LogP contribution >= 0.6 is 12.2 Å². The van der Waals surface area contributed by atoms with Crippen LogP contribution in [0.15, 0.2) is 85.2 Å². The number of hydrogen-bond acceptors (Lipinski definition) is 5. The van der Waals surface area contributed by atoms with Crippen molar-refractivity contribution in [1.29, 1.82) is 0 Å². The topological polar surface area (TPSA) is 80.7 Å². The maximum Gasteiger partial charge on any atom is 0.221 e. The van der Waals surface area contributed by atoms with Crippen LogP contribution in [-0.4, -0.2) is 34.8 Å². The second-order valence-corrected chi connectivity index (χ2v) is 8.95.